The van der Waals surface area contributed by atoms with E-state index in [1.807, 2.05) is 12.0 Å². The average molecular weight is 392 g/mol. The van der Waals surface area contributed by atoms with Gasteiger partial charge in [0.1, 0.15) is 0 Å². The molecule has 1 aliphatic heterocycles. The molecule has 0 N–H and O–H groups in total. The quantitative estimate of drug-likeness (QED) is 0.506. The van der Waals surface area contributed by atoms with E-state index in [9.17, 15) is 0 Å². The van der Waals surface area contributed by atoms with Crippen LogP contribution in [0.5, 0.6) is 0 Å². The van der Waals surface area contributed by atoms with Crippen molar-refractivity contribution in [1.82, 2.24) is 0 Å². The number of hydrogen-bond acceptors (Lipinski definition) is 3. The van der Waals surface area contributed by atoms with Crippen molar-refractivity contribution in [3.63, 3.8) is 0 Å². The molecule has 0 saturated carbocycles. The Labute approximate surface area is 176 Å². The largest absolute Gasteiger partial charge is 0.486 e. The Hall–Kier alpha value is -1.88. The van der Waals surface area contributed by atoms with Crippen LogP contribution >= 0.6 is 0 Å². The third kappa shape index (κ3) is 6.30. The van der Waals surface area contributed by atoms with Crippen LogP contribution in [0.25, 0.3) is 0 Å². The highest BCUT2D eigenvalue weighted by molar-refractivity contribution is 6.51. The number of hydrogen-bond donors (Lipinski definition) is 0. The molecule has 1 atom stereocenters. The molecule has 1 fully saturated rings. The fourth-order valence-corrected chi connectivity index (χ4v) is 3.34. The maximum atomic E-state index is 6.26. The molecule has 0 amide bonds. The van der Waals surface area contributed by atoms with Crippen LogP contribution < -0.4 is 0 Å². The molecule has 1 saturated heterocycles. The van der Waals surface area contributed by atoms with Crippen LogP contribution in [0.4, 0.5) is 0 Å². The van der Waals surface area contributed by atoms with Crippen molar-refractivity contribution in [2.75, 3.05) is 0 Å². The van der Waals surface area contributed by atoms with E-state index in [0.717, 1.165) is 19.3 Å². The molecule has 1 aliphatic rings. The van der Waals surface area contributed by atoms with Gasteiger partial charge < -0.3 is 14.0 Å². The minimum absolute atomic E-state index is 0.147. The summed E-state index contributed by atoms with van der Waals surface area (Å²) < 4.78 is 18.4. The summed E-state index contributed by atoms with van der Waals surface area (Å²) >= 11 is 0. The van der Waals surface area contributed by atoms with Gasteiger partial charge >= 0.3 is 7.12 Å². The highest BCUT2D eigenvalue weighted by atomic mass is 16.7. The summed E-state index contributed by atoms with van der Waals surface area (Å²) in [7, 11) is -0.302. The van der Waals surface area contributed by atoms with Crippen molar-refractivity contribution in [1.29, 1.82) is 0 Å². The topological polar surface area (TPSA) is 27.7 Å². The lowest BCUT2D eigenvalue weighted by molar-refractivity contribution is 0.00578. The van der Waals surface area contributed by atoms with Crippen LogP contribution in [0, 0.1) is 0 Å². The van der Waals surface area contributed by atoms with Crippen LogP contribution in [0.2, 0.25) is 0 Å². The second-order valence-electron chi connectivity index (χ2n) is 8.73. The molecular weight excluding hydrogens is 359 g/mol. The first-order valence-corrected chi connectivity index (χ1v) is 10.6. The van der Waals surface area contributed by atoms with Gasteiger partial charge in [0.2, 0.25) is 0 Å². The zero-order chi connectivity index (χ0) is 20.7. The smallest absolute Gasteiger partial charge is 0.400 e. The van der Waals surface area contributed by atoms with Crippen LogP contribution in [0.3, 0.4) is 0 Å². The van der Waals surface area contributed by atoms with Crippen molar-refractivity contribution in [3.05, 3.63) is 83.8 Å². The number of aryl methyl sites for hydroxylation is 1. The van der Waals surface area contributed by atoms with Crippen molar-refractivity contribution in [3.8, 4) is 0 Å². The lowest BCUT2D eigenvalue weighted by Crippen LogP contribution is -2.41. The summed E-state index contributed by atoms with van der Waals surface area (Å²) in [6.07, 6.45) is 5.11. The molecule has 0 spiro atoms. The summed E-state index contributed by atoms with van der Waals surface area (Å²) in [4.78, 5) is 0. The fourth-order valence-electron chi connectivity index (χ4n) is 3.34. The van der Waals surface area contributed by atoms with E-state index < -0.39 is 0 Å². The predicted octanol–water partition coefficient (Wildman–Crippen LogP) is 5.78. The van der Waals surface area contributed by atoms with E-state index >= 15 is 0 Å². The Morgan fingerprint density at radius 1 is 0.862 bits per heavy atom. The van der Waals surface area contributed by atoms with E-state index in [1.54, 1.807) is 0 Å². The maximum absolute atomic E-state index is 6.26. The molecular formula is C25H33BO3. The summed E-state index contributed by atoms with van der Waals surface area (Å²) in [5, 5.41) is 0. The van der Waals surface area contributed by atoms with E-state index in [2.05, 4.69) is 88.4 Å². The second kappa shape index (κ2) is 9.75. The minimum Gasteiger partial charge on any atom is -0.400 e. The van der Waals surface area contributed by atoms with Crippen molar-refractivity contribution in [2.45, 2.75) is 70.9 Å². The Morgan fingerprint density at radius 3 is 2.00 bits per heavy atom. The third-order valence-corrected chi connectivity index (χ3v) is 5.89. The molecule has 3 nitrogen and oxygen atoms in total. The first-order valence-electron chi connectivity index (χ1n) is 10.6. The molecule has 29 heavy (non-hydrogen) atoms. The van der Waals surface area contributed by atoms with Gasteiger partial charge in [0.15, 0.2) is 0 Å². The van der Waals surface area contributed by atoms with Crippen LogP contribution in [-0.4, -0.2) is 24.4 Å². The van der Waals surface area contributed by atoms with Crippen LogP contribution in [0.15, 0.2) is 72.7 Å². The molecule has 1 unspecified atom stereocenters. The summed E-state index contributed by atoms with van der Waals surface area (Å²) in [6, 6.07) is 20.9. The molecule has 0 aromatic heterocycles. The highest BCUT2D eigenvalue weighted by Gasteiger charge is 2.49. The summed E-state index contributed by atoms with van der Waals surface area (Å²) in [5.41, 5.74) is 1.93. The number of rotatable bonds is 9. The molecule has 4 heteroatoms. The van der Waals surface area contributed by atoms with Gasteiger partial charge in [-0.2, -0.15) is 0 Å². The Morgan fingerprint density at radius 2 is 1.41 bits per heavy atom. The normalized spacial score (nSPS) is 19.0. The van der Waals surface area contributed by atoms with E-state index in [4.69, 9.17) is 14.0 Å². The average Bonchev–Trinajstić information content (AvgIpc) is 2.91. The molecule has 1 heterocycles. The predicted molar refractivity (Wildman–Crippen MR) is 120 cm³/mol. The monoisotopic (exact) mass is 392 g/mol. The fraction of sp³-hybridized carbons (Fsp3) is 0.440. The zero-order valence-corrected chi connectivity index (χ0v) is 18.1. The highest BCUT2D eigenvalue weighted by Crippen LogP contribution is 2.36. The molecule has 154 valence electrons. The summed E-state index contributed by atoms with van der Waals surface area (Å²) in [6.45, 7) is 8.93. The van der Waals surface area contributed by atoms with Gasteiger partial charge in [-0.15, -0.1) is 0 Å². The van der Waals surface area contributed by atoms with E-state index in [1.165, 1.54) is 11.1 Å². The Balaban J connectivity index is 1.56. The molecule has 2 aromatic carbocycles. The van der Waals surface area contributed by atoms with Gasteiger partial charge in [-0.25, -0.2) is 0 Å². The second-order valence-corrected chi connectivity index (χ2v) is 8.73. The maximum Gasteiger partial charge on any atom is 0.486 e. The molecule has 0 bridgehead atoms. The van der Waals surface area contributed by atoms with E-state index in [-0.39, 0.29) is 24.4 Å². The van der Waals surface area contributed by atoms with Crippen LogP contribution in [-0.2, 0) is 27.1 Å². The molecule has 2 aromatic rings. The number of benzene rings is 2. The van der Waals surface area contributed by atoms with Gasteiger partial charge in [-0.3, -0.25) is 0 Å². The van der Waals surface area contributed by atoms with Gasteiger partial charge in [0, 0.05) is 0 Å². The zero-order valence-electron chi connectivity index (χ0n) is 18.1. The van der Waals surface area contributed by atoms with Gasteiger partial charge in [0.25, 0.3) is 0 Å². The van der Waals surface area contributed by atoms with Crippen molar-refractivity contribution < 1.29 is 14.0 Å². The summed E-state index contributed by atoms with van der Waals surface area (Å²) in [5.74, 6) is 2.03. The lowest BCUT2D eigenvalue weighted by Gasteiger charge is -2.32. The Kier molecular flexibility index (Phi) is 7.34. The van der Waals surface area contributed by atoms with Crippen molar-refractivity contribution >= 4 is 7.12 Å². The molecule has 3 rings (SSSR count). The van der Waals surface area contributed by atoms with Crippen LogP contribution in [0.1, 0.15) is 51.7 Å². The van der Waals surface area contributed by atoms with Gasteiger partial charge in [0.05, 0.1) is 23.9 Å². The minimum atomic E-state index is -0.307. The first kappa shape index (κ1) is 21.8. The lowest BCUT2D eigenvalue weighted by atomic mass is 9.89. The van der Waals surface area contributed by atoms with Gasteiger partial charge in [-0.05, 0) is 58.1 Å². The Bertz CT molecular complexity index is 712. The standard InChI is InChI=1S/C25H33BO3/c1-24(2)25(3,4)29-26(28-24)19-11-16-23(18-17-21-12-7-5-8-13-21)27-20-22-14-9-6-10-15-22/h5-15,19,23H,16-18,20H2,1-4H3/b19-11+. The number of ether oxygens (including phenoxy) is 1. The molecule has 0 radical (unpaired) electrons. The third-order valence-electron chi connectivity index (χ3n) is 5.89. The first-order chi connectivity index (χ1) is 13.9. The van der Waals surface area contributed by atoms with E-state index in [0.29, 0.717) is 6.61 Å². The van der Waals surface area contributed by atoms with Gasteiger partial charge in [-0.1, -0.05) is 72.7 Å². The van der Waals surface area contributed by atoms with Crippen molar-refractivity contribution in [2.24, 2.45) is 0 Å². The SMILES string of the molecule is CC1(C)OB(/C=C/CC(CCc2ccccc2)OCc2ccccc2)OC1(C)C. The molecule has 0 aliphatic carbocycles.